The molecule has 0 unspecified atom stereocenters. The largest absolute Gasteiger partial charge is 0.493 e. The van der Waals surface area contributed by atoms with Gasteiger partial charge in [0.2, 0.25) is 0 Å². The Morgan fingerprint density at radius 1 is 1.08 bits per heavy atom. The van der Waals surface area contributed by atoms with Crippen LogP contribution in [-0.2, 0) is 14.4 Å². The number of carbonyl (C=O) groups is 4. The summed E-state index contributed by atoms with van der Waals surface area (Å²) in [7, 11) is 1.43. The topological polar surface area (TPSA) is 114 Å². The van der Waals surface area contributed by atoms with Gasteiger partial charge in [-0.05, 0) is 89.5 Å². The molecule has 4 rings (SSSR count). The van der Waals surface area contributed by atoms with Gasteiger partial charge in [-0.25, -0.2) is 9.69 Å². The lowest BCUT2D eigenvalue weighted by molar-refractivity contribution is -0.122. The van der Waals surface area contributed by atoms with Crippen molar-refractivity contribution in [3.63, 3.8) is 0 Å². The molecular formula is C28H23ClIN3O6. The first kappa shape index (κ1) is 28.1. The van der Waals surface area contributed by atoms with E-state index >= 15 is 0 Å². The molecule has 1 fully saturated rings. The van der Waals surface area contributed by atoms with Crippen LogP contribution in [0.25, 0.3) is 6.08 Å². The fourth-order valence-electron chi connectivity index (χ4n) is 3.87. The number of nitrogens with zero attached hydrogens (tertiary/aromatic N) is 1. The van der Waals surface area contributed by atoms with Crippen molar-refractivity contribution in [2.45, 2.75) is 13.8 Å². The van der Waals surface area contributed by atoms with Gasteiger partial charge in [-0.2, -0.15) is 0 Å². The summed E-state index contributed by atoms with van der Waals surface area (Å²) in [5, 5.41) is 5.34. The van der Waals surface area contributed by atoms with E-state index in [0.29, 0.717) is 36.9 Å². The molecule has 5 amide bonds. The first-order valence-electron chi connectivity index (χ1n) is 11.6. The average Bonchev–Trinajstić information content (AvgIpc) is 2.89. The van der Waals surface area contributed by atoms with Gasteiger partial charge in [0, 0.05) is 10.7 Å². The molecule has 1 aliphatic heterocycles. The van der Waals surface area contributed by atoms with Crippen molar-refractivity contribution in [2.75, 3.05) is 23.9 Å². The SMILES string of the molecule is COc1cc(/C=C2\C(=O)NC(=O)N(c3cc(Cl)ccc3C)C2=O)cc(I)c1OCC(=O)Nc1ccccc1C. The van der Waals surface area contributed by atoms with Gasteiger partial charge in [0.25, 0.3) is 17.7 Å². The second-order valence-corrected chi connectivity index (χ2v) is 10.2. The molecular weight excluding hydrogens is 637 g/mol. The lowest BCUT2D eigenvalue weighted by atomic mass is 10.1. The fourth-order valence-corrected chi connectivity index (χ4v) is 4.81. The third-order valence-corrected chi connectivity index (χ3v) is 6.88. The van der Waals surface area contributed by atoms with Gasteiger partial charge in [-0.3, -0.25) is 19.7 Å². The van der Waals surface area contributed by atoms with Crippen LogP contribution >= 0.6 is 34.2 Å². The van der Waals surface area contributed by atoms with E-state index in [0.717, 1.165) is 10.5 Å². The predicted octanol–water partition coefficient (Wildman–Crippen LogP) is 5.25. The van der Waals surface area contributed by atoms with E-state index < -0.39 is 17.8 Å². The Bertz CT molecular complexity index is 1540. The van der Waals surface area contributed by atoms with Crippen LogP contribution in [0.4, 0.5) is 16.2 Å². The van der Waals surface area contributed by atoms with E-state index in [1.807, 2.05) is 47.7 Å². The number of para-hydroxylation sites is 1. The Kier molecular flexibility index (Phi) is 8.56. The first-order chi connectivity index (χ1) is 18.6. The van der Waals surface area contributed by atoms with Crippen molar-refractivity contribution in [1.82, 2.24) is 5.32 Å². The molecule has 3 aromatic rings. The number of aryl methyl sites for hydroxylation is 2. The van der Waals surface area contributed by atoms with Crippen molar-refractivity contribution < 1.29 is 28.7 Å². The predicted molar refractivity (Wildman–Crippen MR) is 156 cm³/mol. The number of ether oxygens (including phenoxy) is 2. The maximum atomic E-state index is 13.3. The smallest absolute Gasteiger partial charge is 0.335 e. The van der Waals surface area contributed by atoms with E-state index in [1.54, 1.807) is 37.3 Å². The summed E-state index contributed by atoms with van der Waals surface area (Å²) in [6, 6.07) is 14.5. The Morgan fingerprint density at radius 3 is 2.54 bits per heavy atom. The number of methoxy groups -OCH3 is 1. The number of anilines is 2. The van der Waals surface area contributed by atoms with E-state index in [9.17, 15) is 19.2 Å². The van der Waals surface area contributed by atoms with E-state index in [-0.39, 0.29) is 23.8 Å². The lowest BCUT2D eigenvalue weighted by Gasteiger charge is -2.27. The number of rotatable bonds is 7. The molecule has 0 aliphatic carbocycles. The quantitative estimate of drug-likeness (QED) is 0.204. The number of hydrogen-bond acceptors (Lipinski definition) is 6. The third kappa shape index (κ3) is 6.23. The normalized spacial score (nSPS) is 14.3. The molecule has 0 radical (unpaired) electrons. The van der Waals surface area contributed by atoms with Gasteiger partial charge >= 0.3 is 6.03 Å². The van der Waals surface area contributed by atoms with Crippen LogP contribution in [0.5, 0.6) is 11.5 Å². The number of imide groups is 2. The molecule has 39 heavy (non-hydrogen) atoms. The molecule has 2 N–H and O–H groups in total. The second kappa shape index (κ2) is 11.9. The number of barbiturate groups is 1. The molecule has 0 saturated carbocycles. The minimum Gasteiger partial charge on any atom is -0.493 e. The maximum Gasteiger partial charge on any atom is 0.335 e. The van der Waals surface area contributed by atoms with E-state index in [2.05, 4.69) is 10.6 Å². The van der Waals surface area contributed by atoms with Crippen LogP contribution < -0.4 is 25.0 Å². The zero-order valence-corrected chi connectivity index (χ0v) is 24.0. The third-order valence-electron chi connectivity index (χ3n) is 5.84. The summed E-state index contributed by atoms with van der Waals surface area (Å²) >= 11 is 8.09. The number of amides is 5. The van der Waals surface area contributed by atoms with Crippen LogP contribution in [0.15, 0.2) is 60.2 Å². The highest BCUT2D eigenvalue weighted by atomic mass is 127. The molecule has 1 aliphatic rings. The molecule has 0 spiro atoms. The van der Waals surface area contributed by atoms with E-state index in [1.165, 1.54) is 19.3 Å². The minimum atomic E-state index is -0.868. The van der Waals surface area contributed by atoms with Crippen molar-refractivity contribution in [1.29, 1.82) is 0 Å². The summed E-state index contributed by atoms with van der Waals surface area (Å²) in [4.78, 5) is 51.8. The van der Waals surface area contributed by atoms with Gasteiger partial charge in [0.05, 0.1) is 16.4 Å². The summed E-state index contributed by atoms with van der Waals surface area (Å²) in [6.45, 7) is 3.34. The van der Waals surface area contributed by atoms with E-state index in [4.69, 9.17) is 21.1 Å². The summed E-state index contributed by atoms with van der Waals surface area (Å²) in [5.41, 5.74) is 2.69. The fraction of sp³-hybridized carbons (Fsp3) is 0.143. The van der Waals surface area contributed by atoms with Gasteiger partial charge in [0.15, 0.2) is 18.1 Å². The molecule has 3 aromatic carbocycles. The highest BCUT2D eigenvalue weighted by Gasteiger charge is 2.37. The molecule has 1 heterocycles. The zero-order chi connectivity index (χ0) is 28.3. The summed E-state index contributed by atoms with van der Waals surface area (Å²) in [6.07, 6.45) is 1.36. The Balaban J connectivity index is 1.58. The van der Waals surface area contributed by atoms with Gasteiger partial charge < -0.3 is 14.8 Å². The van der Waals surface area contributed by atoms with Crippen molar-refractivity contribution in [3.05, 3.63) is 85.5 Å². The number of hydrogen-bond donors (Lipinski definition) is 2. The number of nitrogens with one attached hydrogen (secondary N) is 2. The Labute approximate surface area is 243 Å². The highest BCUT2D eigenvalue weighted by Crippen LogP contribution is 2.35. The second-order valence-electron chi connectivity index (χ2n) is 8.57. The zero-order valence-electron chi connectivity index (χ0n) is 21.1. The Hall–Kier alpha value is -3.90. The number of benzene rings is 3. The lowest BCUT2D eigenvalue weighted by Crippen LogP contribution is -2.54. The molecule has 0 bridgehead atoms. The van der Waals surface area contributed by atoms with Crippen LogP contribution in [-0.4, -0.2) is 37.5 Å². The molecule has 9 nitrogen and oxygen atoms in total. The number of urea groups is 1. The molecule has 0 aromatic heterocycles. The standard InChI is InChI=1S/C28H23ClIN3O6/c1-15-6-4-5-7-21(15)31-24(34)14-39-25-20(30)11-17(12-23(25)38-3)10-19-26(35)32-28(37)33(27(19)36)22-13-18(29)9-8-16(22)2/h4-13H,14H2,1-3H3,(H,31,34)(H,32,35,37)/b19-10+. The highest BCUT2D eigenvalue weighted by molar-refractivity contribution is 14.1. The maximum absolute atomic E-state index is 13.3. The summed E-state index contributed by atoms with van der Waals surface area (Å²) < 4.78 is 11.8. The molecule has 200 valence electrons. The van der Waals surface area contributed by atoms with Gasteiger partial charge in [0.1, 0.15) is 5.57 Å². The van der Waals surface area contributed by atoms with Crippen molar-refractivity contribution in [3.8, 4) is 11.5 Å². The molecule has 0 atom stereocenters. The minimum absolute atomic E-state index is 0.252. The van der Waals surface area contributed by atoms with Crippen LogP contribution in [0.1, 0.15) is 16.7 Å². The van der Waals surface area contributed by atoms with Gasteiger partial charge in [-0.1, -0.05) is 35.9 Å². The van der Waals surface area contributed by atoms with Crippen LogP contribution in [0.3, 0.4) is 0 Å². The monoisotopic (exact) mass is 659 g/mol. The average molecular weight is 660 g/mol. The molecule has 1 saturated heterocycles. The summed E-state index contributed by atoms with van der Waals surface area (Å²) in [5.74, 6) is -1.36. The number of halogens is 2. The van der Waals surface area contributed by atoms with Crippen molar-refractivity contribution in [2.24, 2.45) is 0 Å². The van der Waals surface area contributed by atoms with Gasteiger partial charge in [-0.15, -0.1) is 0 Å². The van der Waals surface area contributed by atoms with Crippen LogP contribution in [0, 0.1) is 17.4 Å². The first-order valence-corrected chi connectivity index (χ1v) is 13.1. The van der Waals surface area contributed by atoms with Crippen molar-refractivity contribution >= 4 is 75.4 Å². The van der Waals surface area contributed by atoms with Crippen LogP contribution in [0.2, 0.25) is 5.02 Å². The molecule has 11 heteroatoms. The Morgan fingerprint density at radius 2 is 1.82 bits per heavy atom. The number of carbonyl (C=O) groups excluding carboxylic acids is 4.